The number of aromatic nitrogens is 2. The number of rotatable bonds is 3. The molecule has 1 saturated heterocycles. The molecule has 0 bridgehead atoms. The number of morpholine rings is 1. The molecule has 0 saturated carbocycles. The lowest BCUT2D eigenvalue weighted by Gasteiger charge is -2.24. The van der Waals surface area contributed by atoms with Crippen LogP contribution in [-0.4, -0.2) is 51.7 Å². The highest BCUT2D eigenvalue weighted by atomic mass is 35.5. The quantitative estimate of drug-likeness (QED) is 0.789. The van der Waals surface area contributed by atoms with Crippen LogP contribution in [-0.2, 0) is 4.74 Å². The van der Waals surface area contributed by atoms with E-state index in [1.807, 2.05) is 0 Å². The lowest BCUT2D eigenvalue weighted by atomic mass is 10.2. The van der Waals surface area contributed by atoms with Crippen molar-refractivity contribution < 1.29 is 9.84 Å². The Morgan fingerprint density at radius 1 is 1.24 bits per heavy atom. The number of aromatic amines is 1. The van der Waals surface area contributed by atoms with Crippen LogP contribution < -0.4 is 11.2 Å². The summed E-state index contributed by atoms with van der Waals surface area (Å²) >= 11 is 5.85. The van der Waals surface area contributed by atoms with E-state index < -0.39 is 17.1 Å². The number of hydrogen-bond acceptors (Lipinski definition) is 6. The summed E-state index contributed by atoms with van der Waals surface area (Å²) in [6, 6.07) is 6.31. The molecule has 1 aromatic heterocycles. The molecule has 0 radical (unpaired) electrons. The van der Waals surface area contributed by atoms with Crippen LogP contribution in [0.1, 0.15) is 12.5 Å². The number of ether oxygens (including phenoxy) is 1. The molecule has 2 aromatic rings. The lowest BCUT2D eigenvalue weighted by molar-refractivity contribution is 0.0393. The van der Waals surface area contributed by atoms with Crippen LogP contribution in [0.5, 0.6) is 5.88 Å². The summed E-state index contributed by atoms with van der Waals surface area (Å²) < 4.78 is 6.26. The molecule has 2 heterocycles. The molecular formula is C16H17ClN4O4. The van der Waals surface area contributed by atoms with Gasteiger partial charge in [-0.1, -0.05) is 11.6 Å². The zero-order chi connectivity index (χ0) is 18.0. The summed E-state index contributed by atoms with van der Waals surface area (Å²) in [5.41, 5.74) is -0.803. The van der Waals surface area contributed by atoms with Gasteiger partial charge in [0.25, 0.3) is 5.56 Å². The van der Waals surface area contributed by atoms with Crippen LogP contribution in [0.3, 0.4) is 0 Å². The normalized spacial score (nSPS) is 15.4. The van der Waals surface area contributed by atoms with Gasteiger partial charge < -0.3 is 9.84 Å². The van der Waals surface area contributed by atoms with Crippen LogP contribution in [0.2, 0.25) is 5.02 Å². The van der Waals surface area contributed by atoms with Crippen LogP contribution in [0, 0.1) is 0 Å². The third-order valence-corrected chi connectivity index (χ3v) is 4.06. The van der Waals surface area contributed by atoms with Gasteiger partial charge in [-0.2, -0.15) is 5.10 Å². The maximum Gasteiger partial charge on any atom is 0.335 e. The molecule has 2 N–H and O–H groups in total. The van der Waals surface area contributed by atoms with Crippen molar-refractivity contribution in [3.8, 4) is 11.6 Å². The van der Waals surface area contributed by atoms with Crippen LogP contribution in [0.4, 0.5) is 0 Å². The summed E-state index contributed by atoms with van der Waals surface area (Å²) in [6.45, 7) is 3.88. The molecule has 0 aliphatic carbocycles. The van der Waals surface area contributed by atoms with Gasteiger partial charge >= 0.3 is 5.69 Å². The fourth-order valence-corrected chi connectivity index (χ4v) is 2.72. The minimum absolute atomic E-state index is 0.0546. The zero-order valence-electron chi connectivity index (χ0n) is 13.5. The van der Waals surface area contributed by atoms with Gasteiger partial charge in [0.15, 0.2) is 0 Å². The molecule has 1 aliphatic heterocycles. The minimum Gasteiger partial charge on any atom is -0.493 e. The first-order valence-corrected chi connectivity index (χ1v) is 8.07. The first kappa shape index (κ1) is 17.2. The topological polar surface area (TPSA) is 99.9 Å². The molecule has 132 valence electrons. The third-order valence-electron chi connectivity index (χ3n) is 3.81. The second kappa shape index (κ2) is 7.12. The molecule has 0 atom stereocenters. The van der Waals surface area contributed by atoms with Crippen LogP contribution >= 0.6 is 11.6 Å². The molecule has 1 fully saturated rings. The van der Waals surface area contributed by atoms with Gasteiger partial charge in [0.2, 0.25) is 5.88 Å². The van der Waals surface area contributed by atoms with Gasteiger partial charge in [0.05, 0.1) is 37.7 Å². The van der Waals surface area contributed by atoms with E-state index in [-0.39, 0.29) is 5.56 Å². The number of benzene rings is 1. The van der Waals surface area contributed by atoms with Crippen molar-refractivity contribution in [2.75, 3.05) is 26.3 Å². The van der Waals surface area contributed by atoms with E-state index in [4.69, 9.17) is 16.3 Å². The van der Waals surface area contributed by atoms with Crippen LogP contribution in [0.25, 0.3) is 5.69 Å². The molecule has 0 spiro atoms. The monoisotopic (exact) mass is 364 g/mol. The molecule has 0 unspecified atom stereocenters. The summed E-state index contributed by atoms with van der Waals surface area (Å²) in [6.07, 6.45) is 0. The van der Waals surface area contributed by atoms with Gasteiger partial charge in [-0.3, -0.25) is 14.8 Å². The van der Waals surface area contributed by atoms with E-state index in [0.29, 0.717) is 42.7 Å². The maximum absolute atomic E-state index is 12.2. The van der Waals surface area contributed by atoms with Gasteiger partial charge in [-0.15, -0.1) is 0 Å². The first-order chi connectivity index (χ1) is 12.0. The molecule has 1 aromatic carbocycles. The van der Waals surface area contributed by atoms with Crippen molar-refractivity contribution >= 4 is 17.3 Å². The van der Waals surface area contributed by atoms with Crippen molar-refractivity contribution in [3.63, 3.8) is 0 Å². The molecule has 25 heavy (non-hydrogen) atoms. The first-order valence-electron chi connectivity index (χ1n) is 7.70. The van der Waals surface area contributed by atoms with Gasteiger partial charge in [0, 0.05) is 5.02 Å². The summed E-state index contributed by atoms with van der Waals surface area (Å²) in [5.74, 6) is -0.467. The number of H-pyrrole nitrogens is 1. The molecular weight excluding hydrogens is 348 g/mol. The van der Waals surface area contributed by atoms with E-state index in [9.17, 15) is 14.7 Å². The molecule has 1 aliphatic rings. The lowest BCUT2D eigenvalue weighted by Crippen LogP contribution is -2.35. The SMILES string of the molecule is C/C(=N\N1CCOCC1)c1c(O)n(-c2ccc(Cl)cc2)c(=O)[nH]c1=O. The standard InChI is InChI=1S/C16H17ClN4O4/c1-10(19-20-6-8-25-9-7-20)13-14(22)18-16(24)21(15(13)23)12-4-2-11(17)3-5-12/h2-5,23H,6-9H2,1H3,(H,18,22,24)/b19-10+. The highest BCUT2D eigenvalue weighted by Crippen LogP contribution is 2.19. The number of hydrogen-bond donors (Lipinski definition) is 2. The van der Waals surface area contributed by atoms with E-state index >= 15 is 0 Å². The van der Waals surface area contributed by atoms with Gasteiger partial charge in [0.1, 0.15) is 5.56 Å². The maximum atomic E-state index is 12.2. The second-order valence-corrected chi connectivity index (χ2v) is 5.96. The predicted octanol–water partition coefficient (Wildman–Crippen LogP) is 0.941. The fourth-order valence-electron chi connectivity index (χ4n) is 2.60. The molecule has 3 rings (SSSR count). The fraction of sp³-hybridized carbons (Fsp3) is 0.312. The Kier molecular flexibility index (Phi) is 4.91. The summed E-state index contributed by atoms with van der Waals surface area (Å²) in [5, 5.41) is 17.2. The smallest absolute Gasteiger partial charge is 0.335 e. The van der Waals surface area contributed by atoms with Gasteiger partial charge in [-0.05, 0) is 31.2 Å². The highest BCUT2D eigenvalue weighted by molar-refractivity contribution is 6.30. The third kappa shape index (κ3) is 3.59. The van der Waals surface area contributed by atoms with Gasteiger partial charge in [-0.25, -0.2) is 9.36 Å². The van der Waals surface area contributed by atoms with Crippen molar-refractivity contribution in [3.05, 3.63) is 55.7 Å². The predicted molar refractivity (Wildman–Crippen MR) is 93.9 cm³/mol. The molecule has 8 nitrogen and oxygen atoms in total. The van der Waals surface area contributed by atoms with E-state index in [1.165, 1.54) is 0 Å². The zero-order valence-corrected chi connectivity index (χ0v) is 14.3. The van der Waals surface area contributed by atoms with E-state index in [0.717, 1.165) is 4.57 Å². The Balaban J connectivity index is 2.09. The molecule has 0 amide bonds. The number of aromatic hydroxyl groups is 1. The Labute approximate surface area is 147 Å². The van der Waals surface area contributed by atoms with Crippen molar-refractivity contribution in [2.45, 2.75) is 6.92 Å². The number of halogens is 1. The van der Waals surface area contributed by atoms with Crippen molar-refractivity contribution in [2.24, 2.45) is 5.10 Å². The van der Waals surface area contributed by atoms with E-state index in [2.05, 4.69) is 10.1 Å². The minimum atomic E-state index is -0.743. The van der Waals surface area contributed by atoms with Crippen LogP contribution in [0.15, 0.2) is 39.0 Å². The largest absolute Gasteiger partial charge is 0.493 e. The number of nitrogens with one attached hydrogen (secondary N) is 1. The summed E-state index contributed by atoms with van der Waals surface area (Å²) in [7, 11) is 0. The Morgan fingerprint density at radius 3 is 2.52 bits per heavy atom. The van der Waals surface area contributed by atoms with Crippen molar-refractivity contribution in [1.82, 2.24) is 14.6 Å². The number of nitrogens with zero attached hydrogens (tertiary/aromatic N) is 3. The van der Waals surface area contributed by atoms with Crippen molar-refractivity contribution in [1.29, 1.82) is 0 Å². The Morgan fingerprint density at radius 2 is 1.88 bits per heavy atom. The second-order valence-electron chi connectivity index (χ2n) is 5.52. The van der Waals surface area contributed by atoms with E-state index in [1.54, 1.807) is 36.2 Å². The Hall–Kier alpha value is -2.58. The number of hydrazone groups is 1. The average molecular weight is 365 g/mol. The highest BCUT2D eigenvalue weighted by Gasteiger charge is 2.19. The average Bonchev–Trinajstić information content (AvgIpc) is 2.57. The molecule has 9 heteroatoms. The Bertz CT molecular complexity index is 911. The summed E-state index contributed by atoms with van der Waals surface area (Å²) in [4.78, 5) is 26.6.